The molecule has 132 valence electrons. The number of halogens is 2. The van der Waals surface area contributed by atoms with Crippen molar-refractivity contribution < 1.29 is 4.39 Å². The molecule has 25 heavy (non-hydrogen) atoms. The van der Waals surface area contributed by atoms with Gasteiger partial charge in [-0.15, -0.1) is 0 Å². The van der Waals surface area contributed by atoms with E-state index in [0.29, 0.717) is 28.6 Å². The monoisotopic (exact) mass is 360 g/mol. The van der Waals surface area contributed by atoms with Crippen LogP contribution in [0.5, 0.6) is 0 Å². The lowest BCUT2D eigenvalue weighted by molar-refractivity contribution is 0.594. The molecule has 1 aromatic heterocycles. The van der Waals surface area contributed by atoms with Crippen LogP contribution in [-0.4, -0.2) is 24.0 Å². The van der Waals surface area contributed by atoms with Gasteiger partial charge in [-0.1, -0.05) is 24.8 Å². The second-order valence-electron chi connectivity index (χ2n) is 6.05. The van der Waals surface area contributed by atoms with Crippen LogP contribution in [0.3, 0.4) is 0 Å². The molecule has 0 fully saturated rings. The number of hydrogen-bond acceptors (Lipinski definition) is 4. The Morgan fingerprint density at radius 1 is 1.28 bits per heavy atom. The van der Waals surface area contributed by atoms with Crippen molar-refractivity contribution >= 4 is 34.4 Å². The zero-order chi connectivity index (χ0) is 18.7. The normalized spacial score (nSPS) is 10.4. The van der Waals surface area contributed by atoms with Gasteiger partial charge in [0, 0.05) is 48.2 Å². The highest BCUT2D eigenvalue weighted by molar-refractivity contribution is 6.31. The Balaban J connectivity index is 2.33. The molecule has 0 atom stereocenters. The van der Waals surface area contributed by atoms with Gasteiger partial charge in [0.1, 0.15) is 11.6 Å². The van der Waals surface area contributed by atoms with E-state index < -0.39 is 5.82 Å². The summed E-state index contributed by atoms with van der Waals surface area (Å²) in [4.78, 5) is 5.98. The fourth-order valence-electron chi connectivity index (χ4n) is 2.38. The van der Waals surface area contributed by atoms with Crippen molar-refractivity contribution in [2.75, 3.05) is 25.1 Å². The third-order valence-electron chi connectivity index (χ3n) is 3.84. The van der Waals surface area contributed by atoms with Gasteiger partial charge < -0.3 is 16.0 Å². The van der Waals surface area contributed by atoms with Crippen molar-refractivity contribution in [3.8, 4) is 0 Å². The third-order valence-corrected chi connectivity index (χ3v) is 4.06. The first-order chi connectivity index (χ1) is 11.7. The Kier molecular flexibility index (Phi) is 5.69. The Morgan fingerprint density at radius 3 is 2.56 bits per heavy atom. The number of nitrogen functional groups attached to an aromatic ring is 1. The molecule has 0 radical (unpaired) electrons. The van der Waals surface area contributed by atoms with E-state index in [1.807, 2.05) is 19.0 Å². The van der Waals surface area contributed by atoms with E-state index in [2.05, 4.69) is 23.5 Å². The van der Waals surface area contributed by atoms with Gasteiger partial charge in [-0.05, 0) is 36.3 Å². The molecule has 0 spiro atoms. The maximum absolute atomic E-state index is 13.4. The number of nitrogens with two attached hydrogens (primary N) is 1. The minimum Gasteiger partial charge on any atom is -0.398 e. The van der Waals surface area contributed by atoms with Crippen LogP contribution in [0, 0.1) is 5.82 Å². The first-order valence-electron chi connectivity index (χ1n) is 7.70. The number of nitrogens with zero attached hydrogens (tertiary/aromatic N) is 2. The highest BCUT2D eigenvalue weighted by atomic mass is 35.5. The fourth-order valence-corrected chi connectivity index (χ4v) is 2.63. The lowest BCUT2D eigenvalue weighted by atomic mass is 10.0. The van der Waals surface area contributed by atoms with E-state index in [0.717, 1.165) is 28.6 Å². The van der Waals surface area contributed by atoms with Crippen LogP contribution in [0.2, 0.25) is 5.02 Å². The van der Waals surface area contributed by atoms with Crippen molar-refractivity contribution in [3.63, 3.8) is 0 Å². The van der Waals surface area contributed by atoms with Crippen LogP contribution < -0.4 is 11.1 Å². The van der Waals surface area contributed by atoms with Crippen molar-refractivity contribution in [1.82, 2.24) is 9.88 Å². The Hall–Kier alpha value is -2.53. The predicted molar refractivity (Wildman–Crippen MR) is 105 cm³/mol. The van der Waals surface area contributed by atoms with E-state index in [1.54, 1.807) is 19.1 Å². The maximum atomic E-state index is 13.4. The number of allylic oxidation sites excluding steroid dienone is 1. The predicted octanol–water partition coefficient (Wildman–Crippen LogP) is 4.63. The lowest BCUT2D eigenvalue weighted by Gasteiger charge is -2.20. The standard InChI is InChI=1S/C19H22ClFN4/c1-11(2)16-8-15(21)10-24-19(16)23-9-13-6-14(20)7-17(18(13)22)12(3)25(4)5/h6-8,10H,1,3,9,22H2,2,4-5H3,(H,23,24). The lowest BCUT2D eigenvalue weighted by Crippen LogP contribution is -2.13. The molecule has 1 heterocycles. The van der Waals surface area contributed by atoms with Crippen LogP contribution in [0.4, 0.5) is 15.9 Å². The molecule has 3 N–H and O–H groups in total. The van der Waals surface area contributed by atoms with Gasteiger partial charge in [0.25, 0.3) is 0 Å². The summed E-state index contributed by atoms with van der Waals surface area (Å²) in [7, 11) is 3.78. The highest BCUT2D eigenvalue weighted by Crippen LogP contribution is 2.30. The molecule has 0 bridgehead atoms. The summed E-state index contributed by atoms with van der Waals surface area (Å²) in [5.41, 5.74) is 10.6. The van der Waals surface area contributed by atoms with Gasteiger partial charge in [0.15, 0.2) is 0 Å². The summed E-state index contributed by atoms with van der Waals surface area (Å²) >= 11 is 6.23. The minimum absolute atomic E-state index is 0.388. The molecule has 0 aliphatic carbocycles. The van der Waals surface area contributed by atoms with Crippen LogP contribution in [0.1, 0.15) is 23.6 Å². The summed E-state index contributed by atoms with van der Waals surface area (Å²) in [6, 6.07) is 4.98. The third kappa shape index (κ3) is 4.31. The van der Waals surface area contributed by atoms with Crippen molar-refractivity contribution in [1.29, 1.82) is 0 Å². The summed E-state index contributed by atoms with van der Waals surface area (Å²) in [5.74, 6) is 0.136. The zero-order valence-corrected chi connectivity index (χ0v) is 15.4. The summed E-state index contributed by atoms with van der Waals surface area (Å²) in [6.07, 6.45) is 1.16. The topological polar surface area (TPSA) is 54.2 Å². The Labute approximate surface area is 152 Å². The molecule has 0 saturated carbocycles. The maximum Gasteiger partial charge on any atom is 0.142 e. The average molecular weight is 361 g/mol. The molecule has 0 aliphatic heterocycles. The zero-order valence-electron chi connectivity index (χ0n) is 14.7. The SMILES string of the molecule is C=C(C)c1cc(F)cnc1NCc1cc(Cl)cc(C(=C)N(C)C)c1N. The Bertz CT molecular complexity index is 830. The van der Waals surface area contributed by atoms with Gasteiger partial charge >= 0.3 is 0 Å². The van der Waals surface area contributed by atoms with Crippen LogP contribution in [0.15, 0.2) is 37.6 Å². The van der Waals surface area contributed by atoms with Gasteiger partial charge in [-0.25, -0.2) is 9.37 Å². The summed E-state index contributed by atoms with van der Waals surface area (Å²) in [5, 5.41) is 3.75. The van der Waals surface area contributed by atoms with E-state index >= 15 is 0 Å². The smallest absolute Gasteiger partial charge is 0.142 e. The number of aromatic nitrogens is 1. The number of hydrogen-bond donors (Lipinski definition) is 2. The van der Waals surface area contributed by atoms with E-state index in [-0.39, 0.29) is 0 Å². The minimum atomic E-state index is -0.407. The average Bonchev–Trinajstić information content (AvgIpc) is 2.55. The summed E-state index contributed by atoms with van der Waals surface area (Å²) < 4.78 is 13.4. The van der Waals surface area contributed by atoms with E-state index in [1.165, 1.54) is 6.07 Å². The van der Waals surface area contributed by atoms with Crippen molar-refractivity contribution in [2.24, 2.45) is 0 Å². The molecule has 4 nitrogen and oxygen atoms in total. The molecule has 6 heteroatoms. The second kappa shape index (κ2) is 7.57. The number of pyridine rings is 1. The van der Waals surface area contributed by atoms with Gasteiger partial charge in [0.2, 0.25) is 0 Å². The second-order valence-corrected chi connectivity index (χ2v) is 6.49. The molecule has 0 amide bonds. The van der Waals surface area contributed by atoms with Crippen molar-refractivity contribution in [2.45, 2.75) is 13.5 Å². The molecule has 2 aromatic rings. The molecule has 1 aromatic carbocycles. The van der Waals surface area contributed by atoms with E-state index in [4.69, 9.17) is 17.3 Å². The molecular weight excluding hydrogens is 339 g/mol. The van der Waals surface area contributed by atoms with E-state index in [9.17, 15) is 4.39 Å². The first kappa shape index (κ1) is 18.8. The molecule has 0 aliphatic rings. The van der Waals surface area contributed by atoms with Gasteiger partial charge in [-0.2, -0.15) is 0 Å². The number of anilines is 2. The highest BCUT2D eigenvalue weighted by Gasteiger charge is 2.13. The number of rotatable bonds is 6. The molecular formula is C19H22ClFN4. The summed E-state index contributed by atoms with van der Waals surface area (Å²) in [6.45, 7) is 10.1. The molecule has 2 rings (SSSR count). The first-order valence-corrected chi connectivity index (χ1v) is 8.08. The molecule has 0 unspecified atom stereocenters. The van der Waals surface area contributed by atoms with Crippen LogP contribution >= 0.6 is 11.6 Å². The fraction of sp³-hybridized carbons (Fsp3) is 0.211. The quantitative estimate of drug-likeness (QED) is 0.737. The Morgan fingerprint density at radius 2 is 1.96 bits per heavy atom. The number of nitrogens with one attached hydrogen (secondary N) is 1. The molecule has 0 saturated heterocycles. The number of benzene rings is 1. The van der Waals surface area contributed by atoms with Crippen LogP contribution in [-0.2, 0) is 6.54 Å². The largest absolute Gasteiger partial charge is 0.398 e. The van der Waals surface area contributed by atoms with Crippen LogP contribution in [0.25, 0.3) is 11.3 Å². The van der Waals surface area contributed by atoms with Crippen molar-refractivity contribution in [3.05, 3.63) is 65.1 Å². The van der Waals surface area contributed by atoms with Gasteiger partial charge in [-0.3, -0.25) is 0 Å². The van der Waals surface area contributed by atoms with Gasteiger partial charge in [0.05, 0.1) is 6.20 Å².